The third-order valence-corrected chi connectivity index (χ3v) is 12.3. The Morgan fingerprint density at radius 3 is 2.20 bits per heavy atom. The predicted octanol–water partition coefficient (Wildman–Crippen LogP) is 5.25. The highest BCUT2D eigenvalue weighted by molar-refractivity contribution is 6.74. The molecule has 144 valence electrons. The maximum absolute atomic E-state index is 13.1. The van der Waals surface area contributed by atoms with Crippen LogP contribution in [0.25, 0.3) is 0 Å². The molecular weight excluding hydrogens is 328 g/mol. The SMILES string of the molecule is CC1=C(CO[Si](C)(C)C(C)(C)C)[C@@]2(C)C(=O)CCC(C)(C)[C@]2(O)CC1. The van der Waals surface area contributed by atoms with Crippen LogP contribution < -0.4 is 0 Å². The molecule has 25 heavy (non-hydrogen) atoms. The highest BCUT2D eigenvalue weighted by Gasteiger charge is 2.64. The van der Waals surface area contributed by atoms with Crippen LogP contribution in [0.3, 0.4) is 0 Å². The molecule has 0 aliphatic heterocycles. The van der Waals surface area contributed by atoms with Crippen LogP contribution in [-0.4, -0.2) is 31.4 Å². The van der Waals surface area contributed by atoms with Crippen molar-refractivity contribution >= 4 is 14.1 Å². The first-order valence-electron chi connectivity index (χ1n) is 9.69. The third kappa shape index (κ3) is 2.98. The minimum Gasteiger partial charge on any atom is -0.413 e. The Morgan fingerprint density at radius 1 is 1.12 bits per heavy atom. The lowest BCUT2D eigenvalue weighted by Gasteiger charge is -2.60. The summed E-state index contributed by atoms with van der Waals surface area (Å²) >= 11 is 0. The summed E-state index contributed by atoms with van der Waals surface area (Å²) in [6, 6.07) is 0. The van der Waals surface area contributed by atoms with Crippen LogP contribution in [0.1, 0.15) is 74.1 Å². The smallest absolute Gasteiger partial charge is 0.192 e. The van der Waals surface area contributed by atoms with Crippen LogP contribution in [0.15, 0.2) is 11.1 Å². The average molecular weight is 367 g/mol. The lowest BCUT2D eigenvalue weighted by atomic mass is 9.47. The summed E-state index contributed by atoms with van der Waals surface area (Å²) < 4.78 is 6.50. The van der Waals surface area contributed by atoms with Gasteiger partial charge in [0.05, 0.1) is 17.6 Å². The molecule has 0 bridgehead atoms. The molecule has 0 aromatic rings. The van der Waals surface area contributed by atoms with Gasteiger partial charge < -0.3 is 9.53 Å². The van der Waals surface area contributed by atoms with E-state index in [4.69, 9.17) is 4.43 Å². The van der Waals surface area contributed by atoms with E-state index in [1.54, 1.807) is 0 Å². The fourth-order valence-corrected chi connectivity index (χ4v) is 5.42. The molecule has 0 spiro atoms. The lowest BCUT2D eigenvalue weighted by molar-refractivity contribution is -0.186. The fourth-order valence-electron chi connectivity index (χ4n) is 4.48. The second-order valence-electron chi connectivity index (χ2n) is 10.6. The molecule has 1 N–H and O–H groups in total. The number of Topliss-reactive ketones (excluding diaryl/α,β-unsaturated/α-hetero) is 1. The minimum atomic E-state index is -1.92. The highest BCUT2D eigenvalue weighted by Crippen LogP contribution is 2.60. The van der Waals surface area contributed by atoms with Crippen molar-refractivity contribution in [3.63, 3.8) is 0 Å². The van der Waals surface area contributed by atoms with Crippen LogP contribution in [0.4, 0.5) is 0 Å². The number of fused-ring (bicyclic) bond motifs is 1. The van der Waals surface area contributed by atoms with Gasteiger partial charge in [-0.3, -0.25) is 4.79 Å². The molecule has 2 atom stereocenters. The predicted molar refractivity (Wildman–Crippen MR) is 106 cm³/mol. The van der Waals surface area contributed by atoms with E-state index in [0.717, 1.165) is 18.4 Å². The van der Waals surface area contributed by atoms with Crippen molar-refractivity contribution in [1.29, 1.82) is 0 Å². The van der Waals surface area contributed by atoms with Crippen molar-refractivity contribution in [1.82, 2.24) is 0 Å². The number of rotatable bonds is 3. The molecule has 0 heterocycles. The van der Waals surface area contributed by atoms with Crippen molar-refractivity contribution in [2.75, 3.05) is 6.61 Å². The molecule has 0 aromatic carbocycles. The molecule has 0 saturated heterocycles. The zero-order valence-corrected chi connectivity index (χ0v) is 18.8. The topological polar surface area (TPSA) is 46.5 Å². The van der Waals surface area contributed by atoms with Crippen LogP contribution in [0.2, 0.25) is 18.1 Å². The van der Waals surface area contributed by atoms with Gasteiger partial charge in [-0.25, -0.2) is 0 Å². The van der Waals surface area contributed by atoms with Crippen LogP contribution in [0, 0.1) is 10.8 Å². The molecule has 1 saturated carbocycles. The molecule has 0 radical (unpaired) electrons. The van der Waals surface area contributed by atoms with Gasteiger partial charge in [0, 0.05) is 6.42 Å². The Bertz CT molecular complexity index is 597. The molecule has 3 nitrogen and oxygen atoms in total. The fraction of sp³-hybridized carbons (Fsp3) is 0.857. The van der Waals surface area contributed by atoms with Gasteiger partial charge in [-0.1, -0.05) is 40.2 Å². The zero-order chi connectivity index (χ0) is 19.5. The summed E-state index contributed by atoms with van der Waals surface area (Å²) in [7, 11) is -1.92. The summed E-state index contributed by atoms with van der Waals surface area (Å²) in [6.45, 7) is 20.0. The van der Waals surface area contributed by atoms with E-state index in [9.17, 15) is 9.90 Å². The van der Waals surface area contributed by atoms with Crippen LogP contribution in [0.5, 0.6) is 0 Å². The zero-order valence-electron chi connectivity index (χ0n) is 17.8. The standard InChI is InChI=1S/C21H38O3Si/c1-15-10-13-21(23)19(5,6)12-11-17(22)20(21,7)16(15)14-24-25(8,9)18(2,3)4/h23H,10-14H2,1-9H3/t20-,21+/m0/s1. The van der Waals surface area contributed by atoms with E-state index in [2.05, 4.69) is 54.6 Å². The number of aliphatic hydroxyl groups is 1. The summed E-state index contributed by atoms with van der Waals surface area (Å²) in [5, 5.41) is 11.9. The van der Waals surface area contributed by atoms with E-state index < -0.39 is 19.3 Å². The Morgan fingerprint density at radius 2 is 1.68 bits per heavy atom. The van der Waals surface area contributed by atoms with Gasteiger partial charge in [-0.05, 0) is 62.2 Å². The van der Waals surface area contributed by atoms with Crippen LogP contribution in [-0.2, 0) is 9.22 Å². The molecule has 0 aromatic heterocycles. The number of carbonyl (C=O) groups excluding carboxylic acids is 1. The van der Waals surface area contributed by atoms with E-state index in [1.807, 2.05) is 6.92 Å². The van der Waals surface area contributed by atoms with E-state index in [-0.39, 0.29) is 16.2 Å². The average Bonchev–Trinajstić information content (AvgIpc) is 2.46. The van der Waals surface area contributed by atoms with Crippen LogP contribution >= 0.6 is 0 Å². The number of hydrogen-bond acceptors (Lipinski definition) is 3. The van der Waals surface area contributed by atoms with Crippen molar-refractivity contribution in [3.05, 3.63) is 11.1 Å². The largest absolute Gasteiger partial charge is 0.413 e. The molecule has 1 fully saturated rings. The number of ketones is 1. The van der Waals surface area contributed by atoms with Crippen molar-refractivity contribution in [2.24, 2.45) is 10.8 Å². The van der Waals surface area contributed by atoms with Gasteiger partial charge in [0.1, 0.15) is 5.78 Å². The van der Waals surface area contributed by atoms with E-state index in [1.165, 1.54) is 5.57 Å². The van der Waals surface area contributed by atoms with Gasteiger partial charge >= 0.3 is 0 Å². The Hall–Kier alpha value is -0.453. The first kappa shape index (κ1) is 20.9. The van der Waals surface area contributed by atoms with E-state index in [0.29, 0.717) is 19.4 Å². The quantitative estimate of drug-likeness (QED) is 0.548. The molecule has 2 aliphatic rings. The molecule has 4 heteroatoms. The summed E-state index contributed by atoms with van der Waals surface area (Å²) in [5.74, 6) is 0.183. The number of hydrogen-bond donors (Lipinski definition) is 1. The third-order valence-electron chi connectivity index (χ3n) is 7.85. The van der Waals surface area contributed by atoms with Gasteiger partial charge in [-0.2, -0.15) is 0 Å². The Balaban J connectivity index is 2.45. The minimum absolute atomic E-state index is 0.128. The number of allylic oxidation sites excluding steroid dienone is 1. The Kier molecular flexibility index (Phi) is 5.03. The highest BCUT2D eigenvalue weighted by atomic mass is 28.4. The van der Waals surface area contributed by atoms with E-state index >= 15 is 0 Å². The summed E-state index contributed by atoms with van der Waals surface area (Å²) in [5.41, 5.74) is 0.208. The van der Waals surface area contributed by atoms with Gasteiger partial charge in [0.15, 0.2) is 8.32 Å². The molecule has 2 rings (SSSR count). The monoisotopic (exact) mass is 366 g/mol. The molecule has 0 unspecified atom stereocenters. The maximum atomic E-state index is 13.1. The van der Waals surface area contributed by atoms with Gasteiger partial charge in [0.2, 0.25) is 0 Å². The first-order chi connectivity index (χ1) is 11.1. The summed E-state index contributed by atoms with van der Waals surface area (Å²) in [4.78, 5) is 13.1. The second-order valence-corrected chi connectivity index (χ2v) is 15.4. The first-order valence-corrected chi connectivity index (χ1v) is 12.6. The second kappa shape index (κ2) is 6.03. The maximum Gasteiger partial charge on any atom is 0.192 e. The van der Waals surface area contributed by atoms with Gasteiger partial charge in [0.25, 0.3) is 0 Å². The van der Waals surface area contributed by atoms with Crippen molar-refractivity contribution in [2.45, 2.75) is 97.9 Å². The van der Waals surface area contributed by atoms with Crippen molar-refractivity contribution < 1.29 is 14.3 Å². The summed E-state index contributed by atoms with van der Waals surface area (Å²) in [6.07, 6.45) is 2.81. The normalized spacial score (nSPS) is 33.4. The number of carbonyl (C=O) groups is 1. The molecule has 2 aliphatic carbocycles. The lowest BCUT2D eigenvalue weighted by Crippen LogP contribution is -2.65. The van der Waals surface area contributed by atoms with Crippen molar-refractivity contribution in [3.8, 4) is 0 Å². The van der Waals surface area contributed by atoms with Gasteiger partial charge in [-0.15, -0.1) is 0 Å². The Labute approximate surface area is 155 Å². The molecule has 0 amide bonds. The molecular formula is C21H38O3Si.